The summed E-state index contributed by atoms with van der Waals surface area (Å²) in [5, 5.41) is 1.01. The van der Waals surface area contributed by atoms with Gasteiger partial charge in [0.2, 0.25) is 0 Å². The lowest BCUT2D eigenvalue weighted by atomic mass is 9.99. The van der Waals surface area contributed by atoms with Crippen molar-refractivity contribution < 1.29 is 4.79 Å². The van der Waals surface area contributed by atoms with Gasteiger partial charge in [-0.2, -0.15) is 0 Å². The van der Waals surface area contributed by atoms with Gasteiger partial charge in [0.25, 0.3) is 0 Å². The van der Waals surface area contributed by atoms with Crippen LogP contribution in [0.15, 0.2) is 42.5 Å². The van der Waals surface area contributed by atoms with E-state index in [0.717, 1.165) is 40.4 Å². The number of aldehydes is 1. The van der Waals surface area contributed by atoms with E-state index in [1.54, 1.807) is 0 Å². The molecule has 0 atom stereocenters. The third-order valence-electron chi connectivity index (χ3n) is 4.30. The van der Waals surface area contributed by atoms with Gasteiger partial charge in [-0.1, -0.05) is 51.1 Å². The van der Waals surface area contributed by atoms with Crippen molar-refractivity contribution in [3.05, 3.63) is 59.2 Å². The molecule has 112 valence electrons. The number of hydrogen-bond acceptors (Lipinski definition) is 1. The Labute approximate surface area is 131 Å². The van der Waals surface area contributed by atoms with Crippen molar-refractivity contribution in [1.29, 1.82) is 0 Å². The molecule has 1 aromatic heterocycles. The minimum atomic E-state index is 0.509. The summed E-state index contributed by atoms with van der Waals surface area (Å²) < 4.78 is 0. The van der Waals surface area contributed by atoms with E-state index in [1.165, 1.54) is 11.1 Å². The molecule has 2 heteroatoms. The molecule has 0 saturated heterocycles. The summed E-state index contributed by atoms with van der Waals surface area (Å²) in [4.78, 5) is 15.0. The number of aryl methyl sites for hydroxylation is 1. The molecule has 0 fully saturated rings. The maximum absolute atomic E-state index is 11.6. The zero-order chi connectivity index (χ0) is 15.7. The minimum Gasteiger partial charge on any atom is -0.354 e. The lowest BCUT2D eigenvalue weighted by molar-refractivity contribution is 0.112. The number of aromatic amines is 1. The van der Waals surface area contributed by atoms with E-state index >= 15 is 0 Å². The van der Waals surface area contributed by atoms with Gasteiger partial charge < -0.3 is 4.98 Å². The monoisotopic (exact) mass is 291 g/mol. The highest BCUT2D eigenvalue weighted by Gasteiger charge is 2.13. The topological polar surface area (TPSA) is 32.9 Å². The van der Waals surface area contributed by atoms with Crippen molar-refractivity contribution in [2.45, 2.75) is 33.1 Å². The van der Waals surface area contributed by atoms with E-state index in [9.17, 15) is 4.79 Å². The Bertz CT molecular complexity index is 810. The summed E-state index contributed by atoms with van der Waals surface area (Å²) in [6.07, 6.45) is 1.93. The predicted molar refractivity (Wildman–Crippen MR) is 92.6 cm³/mol. The van der Waals surface area contributed by atoms with Gasteiger partial charge in [-0.25, -0.2) is 0 Å². The SMILES string of the molecule is CCc1ccc2[nH]c(-c3ccc(C(C)C)cc3)c(C=O)c2c1. The molecule has 0 unspecified atom stereocenters. The number of carbonyl (C=O) groups is 1. The molecule has 2 nitrogen and oxygen atoms in total. The third-order valence-corrected chi connectivity index (χ3v) is 4.30. The zero-order valence-corrected chi connectivity index (χ0v) is 13.3. The maximum Gasteiger partial charge on any atom is 0.152 e. The van der Waals surface area contributed by atoms with E-state index < -0.39 is 0 Å². The molecule has 0 radical (unpaired) electrons. The van der Waals surface area contributed by atoms with Crippen molar-refractivity contribution in [3.8, 4) is 11.3 Å². The molecule has 0 saturated carbocycles. The molecule has 3 rings (SSSR count). The van der Waals surface area contributed by atoms with Gasteiger partial charge in [-0.05, 0) is 41.2 Å². The van der Waals surface area contributed by atoms with Gasteiger partial charge in [0.05, 0.1) is 5.69 Å². The molecule has 1 heterocycles. The number of fused-ring (bicyclic) bond motifs is 1. The van der Waals surface area contributed by atoms with Gasteiger partial charge in [-0.15, -0.1) is 0 Å². The summed E-state index contributed by atoms with van der Waals surface area (Å²) in [5.41, 5.74) is 6.29. The molecule has 2 aromatic carbocycles. The van der Waals surface area contributed by atoms with E-state index in [-0.39, 0.29) is 0 Å². The molecular weight excluding hydrogens is 270 g/mol. The van der Waals surface area contributed by atoms with Crippen molar-refractivity contribution in [1.82, 2.24) is 4.98 Å². The molecule has 0 aliphatic rings. The Hall–Kier alpha value is -2.35. The average molecular weight is 291 g/mol. The summed E-state index contributed by atoms with van der Waals surface area (Å²) in [6, 6.07) is 14.7. The van der Waals surface area contributed by atoms with Crippen LogP contribution in [0.2, 0.25) is 0 Å². The van der Waals surface area contributed by atoms with Crippen molar-refractivity contribution in [2.24, 2.45) is 0 Å². The van der Waals surface area contributed by atoms with Crippen LogP contribution in [0.1, 0.15) is 48.2 Å². The molecule has 0 aliphatic carbocycles. The average Bonchev–Trinajstić information content (AvgIpc) is 2.92. The summed E-state index contributed by atoms with van der Waals surface area (Å²) in [6.45, 7) is 6.49. The van der Waals surface area contributed by atoms with Gasteiger partial charge in [0, 0.05) is 16.5 Å². The maximum atomic E-state index is 11.6. The number of nitrogens with one attached hydrogen (secondary N) is 1. The number of H-pyrrole nitrogens is 1. The predicted octanol–water partition coefficient (Wildman–Crippen LogP) is 5.33. The number of benzene rings is 2. The van der Waals surface area contributed by atoms with Crippen LogP contribution < -0.4 is 0 Å². The van der Waals surface area contributed by atoms with Gasteiger partial charge in [0.1, 0.15) is 0 Å². The van der Waals surface area contributed by atoms with Crippen LogP contribution in [0.5, 0.6) is 0 Å². The second-order valence-electron chi connectivity index (χ2n) is 6.04. The Morgan fingerprint density at radius 1 is 1.09 bits per heavy atom. The highest BCUT2D eigenvalue weighted by atomic mass is 16.1. The van der Waals surface area contributed by atoms with Crippen LogP contribution >= 0.6 is 0 Å². The quantitative estimate of drug-likeness (QED) is 0.647. The minimum absolute atomic E-state index is 0.509. The van der Waals surface area contributed by atoms with Crippen molar-refractivity contribution >= 4 is 17.2 Å². The van der Waals surface area contributed by atoms with E-state index in [2.05, 4.69) is 68.2 Å². The standard InChI is InChI=1S/C20H21NO/c1-4-14-5-10-19-17(11-14)18(12-22)20(21-19)16-8-6-15(7-9-16)13(2)3/h5-13,21H,4H2,1-3H3. The Kier molecular flexibility index (Phi) is 3.84. The summed E-state index contributed by atoms with van der Waals surface area (Å²) in [7, 11) is 0. The largest absolute Gasteiger partial charge is 0.354 e. The first kappa shape index (κ1) is 14.6. The van der Waals surface area contributed by atoms with Crippen LogP contribution in [0.3, 0.4) is 0 Å². The summed E-state index contributed by atoms with van der Waals surface area (Å²) in [5.74, 6) is 0.509. The lowest BCUT2D eigenvalue weighted by Crippen LogP contribution is -1.89. The van der Waals surface area contributed by atoms with Crippen LogP contribution in [0, 0.1) is 0 Å². The Morgan fingerprint density at radius 3 is 2.41 bits per heavy atom. The van der Waals surface area contributed by atoms with Gasteiger partial charge in [0.15, 0.2) is 6.29 Å². The first-order chi connectivity index (χ1) is 10.6. The van der Waals surface area contributed by atoms with Crippen LogP contribution in [0.4, 0.5) is 0 Å². The molecular formula is C20H21NO. The number of rotatable bonds is 4. The van der Waals surface area contributed by atoms with Gasteiger partial charge >= 0.3 is 0 Å². The highest BCUT2D eigenvalue weighted by Crippen LogP contribution is 2.30. The normalized spacial score (nSPS) is 11.3. The first-order valence-corrected chi connectivity index (χ1v) is 7.84. The highest BCUT2D eigenvalue weighted by molar-refractivity contribution is 6.04. The fourth-order valence-electron chi connectivity index (χ4n) is 2.86. The summed E-state index contributed by atoms with van der Waals surface area (Å²) >= 11 is 0. The second kappa shape index (κ2) is 5.80. The number of aromatic nitrogens is 1. The van der Waals surface area contributed by atoms with E-state index in [0.29, 0.717) is 5.92 Å². The molecule has 0 amide bonds. The number of carbonyl (C=O) groups excluding carboxylic acids is 1. The molecule has 0 aliphatic heterocycles. The molecule has 3 aromatic rings. The smallest absolute Gasteiger partial charge is 0.152 e. The molecule has 0 bridgehead atoms. The molecule has 1 N–H and O–H groups in total. The Balaban J connectivity index is 2.15. The first-order valence-electron chi connectivity index (χ1n) is 7.84. The van der Waals surface area contributed by atoms with E-state index in [4.69, 9.17) is 0 Å². The van der Waals surface area contributed by atoms with Crippen molar-refractivity contribution in [3.63, 3.8) is 0 Å². The lowest BCUT2D eigenvalue weighted by Gasteiger charge is -2.06. The zero-order valence-electron chi connectivity index (χ0n) is 13.3. The van der Waals surface area contributed by atoms with Crippen LogP contribution in [0.25, 0.3) is 22.2 Å². The van der Waals surface area contributed by atoms with Crippen molar-refractivity contribution in [2.75, 3.05) is 0 Å². The molecule has 0 spiro atoms. The Morgan fingerprint density at radius 2 is 1.82 bits per heavy atom. The number of hydrogen-bond donors (Lipinski definition) is 1. The third kappa shape index (κ3) is 2.45. The second-order valence-corrected chi connectivity index (χ2v) is 6.04. The van der Waals surface area contributed by atoms with E-state index in [1.807, 2.05) is 0 Å². The van der Waals surface area contributed by atoms with Gasteiger partial charge in [-0.3, -0.25) is 4.79 Å². The molecule has 22 heavy (non-hydrogen) atoms. The van der Waals surface area contributed by atoms with Crippen LogP contribution in [-0.4, -0.2) is 11.3 Å². The van der Waals surface area contributed by atoms with Crippen LogP contribution in [-0.2, 0) is 6.42 Å². The fraction of sp³-hybridized carbons (Fsp3) is 0.250. The fourth-order valence-corrected chi connectivity index (χ4v) is 2.86.